The van der Waals surface area contributed by atoms with Crippen molar-refractivity contribution >= 4 is 17.5 Å². The van der Waals surface area contributed by atoms with E-state index >= 15 is 0 Å². The Labute approximate surface area is 155 Å². The Morgan fingerprint density at radius 3 is 2.65 bits per heavy atom. The van der Waals surface area contributed by atoms with Crippen LogP contribution < -0.4 is 0 Å². The zero-order valence-electron chi connectivity index (χ0n) is 14.3. The molecule has 26 heavy (non-hydrogen) atoms. The summed E-state index contributed by atoms with van der Waals surface area (Å²) < 4.78 is 37.8. The van der Waals surface area contributed by atoms with Crippen LogP contribution in [-0.4, -0.2) is 16.5 Å². The van der Waals surface area contributed by atoms with Gasteiger partial charge >= 0.3 is 6.18 Å². The molecule has 1 aliphatic carbocycles. The Hall–Kier alpha value is -1.82. The van der Waals surface area contributed by atoms with Crippen LogP contribution in [-0.2, 0) is 17.4 Å². The third-order valence-corrected chi connectivity index (χ3v) is 5.65. The standard InChI is InChI=1S/C20H20F3NOS/c21-20(22,23)15-10-11-19(24-12-15)26-13-18(25)17-9-3-1-2-6-14-7-4-5-8-16(14)17/h4-5,7-8,10-12,17H,1-3,6,9,13H2. The van der Waals surface area contributed by atoms with Crippen LogP contribution in [0.3, 0.4) is 0 Å². The molecule has 0 spiro atoms. The molecule has 0 bridgehead atoms. The van der Waals surface area contributed by atoms with Gasteiger partial charge in [-0.3, -0.25) is 4.79 Å². The second kappa shape index (κ2) is 8.25. The number of carbonyl (C=O) groups excluding carboxylic acids is 1. The summed E-state index contributed by atoms with van der Waals surface area (Å²) >= 11 is 1.20. The lowest BCUT2D eigenvalue weighted by Crippen LogP contribution is -2.18. The van der Waals surface area contributed by atoms with Crippen molar-refractivity contribution in [2.45, 2.75) is 49.2 Å². The number of alkyl halides is 3. The number of pyridine rings is 1. The van der Waals surface area contributed by atoms with E-state index in [-0.39, 0.29) is 17.5 Å². The number of nitrogens with zero attached hydrogens (tertiary/aromatic N) is 1. The summed E-state index contributed by atoms with van der Waals surface area (Å²) in [5.74, 6) is 0.205. The molecule has 1 unspecified atom stereocenters. The lowest BCUT2D eigenvalue weighted by molar-refractivity contribution is -0.137. The van der Waals surface area contributed by atoms with Gasteiger partial charge in [0.25, 0.3) is 0 Å². The number of ketones is 1. The summed E-state index contributed by atoms with van der Waals surface area (Å²) in [4.78, 5) is 16.6. The quantitative estimate of drug-likeness (QED) is 0.642. The van der Waals surface area contributed by atoms with Crippen molar-refractivity contribution in [3.63, 3.8) is 0 Å². The highest BCUT2D eigenvalue weighted by atomic mass is 32.2. The SMILES string of the molecule is O=C(CSc1ccc(C(F)(F)F)cn1)C1CCCCCc2ccccc21. The van der Waals surface area contributed by atoms with E-state index < -0.39 is 11.7 Å². The predicted molar refractivity (Wildman–Crippen MR) is 96.3 cm³/mol. The smallest absolute Gasteiger partial charge is 0.298 e. The maximum atomic E-state index is 12.8. The molecule has 1 atom stereocenters. The van der Waals surface area contributed by atoms with Gasteiger partial charge in [-0.2, -0.15) is 13.2 Å². The molecule has 2 nitrogen and oxygen atoms in total. The number of hydrogen-bond acceptors (Lipinski definition) is 3. The summed E-state index contributed by atoms with van der Waals surface area (Å²) in [6.45, 7) is 0. The molecule has 0 amide bonds. The van der Waals surface area contributed by atoms with Crippen molar-refractivity contribution in [3.05, 3.63) is 59.3 Å². The fourth-order valence-electron chi connectivity index (χ4n) is 3.31. The van der Waals surface area contributed by atoms with Crippen LogP contribution >= 0.6 is 11.8 Å². The fraction of sp³-hybridized carbons (Fsp3) is 0.400. The van der Waals surface area contributed by atoms with Crippen LogP contribution in [0.4, 0.5) is 13.2 Å². The van der Waals surface area contributed by atoms with Crippen LogP contribution in [0.2, 0.25) is 0 Å². The summed E-state index contributed by atoms with van der Waals surface area (Å²) in [6.07, 6.45) is 1.53. The third-order valence-electron chi connectivity index (χ3n) is 4.68. The molecular weight excluding hydrogens is 359 g/mol. The second-order valence-electron chi connectivity index (χ2n) is 6.49. The van der Waals surface area contributed by atoms with E-state index in [0.29, 0.717) is 5.03 Å². The second-order valence-corrected chi connectivity index (χ2v) is 7.48. The van der Waals surface area contributed by atoms with Gasteiger partial charge in [-0.05, 0) is 42.5 Å². The molecule has 1 aromatic carbocycles. The van der Waals surface area contributed by atoms with Crippen molar-refractivity contribution < 1.29 is 18.0 Å². The van der Waals surface area contributed by atoms with Gasteiger partial charge in [0.1, 0.15) is 0 Å². The van der Waals surface area contributed by atoms with E-state index in [1.54, 1.807) is 0 Å². The van der Waals surface area contributed by atoms with Crippen LogP contribution in [0.25, 0.3) is 0 Å². The van der Waals surface area contributed by atoms with E-state index in [4.69, 9.17) is 0 Å². The molecule has 2 aromatic rings. The molecule has 6 heteroatoms. The highest BCUT2D eigenvalue weighted by Crippen LogP contribution is 2.33. The van der Waals surface area contributed by atoms with Crippen molar-refractivity contribution in [2.75, 3.05) is 5.75 Å². The number of rotatable bonds is 4. The molecule has 1 aliphatic rings. The average Bonchev–Trinajstić information content (AvgIpc) is 2.60. The molecule has 0 aliphatic heterocycles. The number of aryl methyl sites for hydroxylation is 1. The predicted octanol–water partition coefficient (Wildman–Crippen LogP) is 5.66. The summed E-state index contributed by atoms with van der Waals surface area (Å²) in [7, 11) is 0. The van der Waals surface area contributed by atoms with E-state index in [2.05, 4.69) is 11.1 Å². The maximum Gasteiger partial charge on any atom is 0.417 e. The first-order valence-electron chi connectivity index (χ1n) is 8.72. The molecule has 1 aromatic heterocycles. The number of hydrogen-bond donors (Lipinski definition) is 0. The molecule has 138 valence electrons. The number of carbonyl (C=O) groups is 1. The van der Waals surface area contributed by atoms with Gasteiger partial charge in [-0.25, -0.2) is 4.98 Å². The van der Waals surface area contributed by atoms with Crippen molar-refractivity contribution in [1.82, 2.24) is 4.98 Å². The van der Waals surface area contributed by atoms with Gasteiger partial charge in [0.05, 0.1) is 16.3 Å². The number of benzene rings is 1. The lowest BCUT2D eigenvalue weighted by Gasteiger charge is -2.22. The third kappa shape index (κ3) is 4.67. The van der Waals surface area contributed by atoms with Crippen molar-refractivity contribution in [2.24, 2.45) is 0 Å². The molecule has 0 saturated carbocycles. The highest BCUT2D eigenvalue weighted by molar-refractivity contribution is 7.99. The number of Topliss-reactive ketones (excluding diaryl/α,β-unsaturated/α-hetero) is 1. The minimum atomic E-state index is -4.39. The van der Waals surface area contributed by atoms with Crippen molar-refractivity contribution in [3.8, 4) is 0 Å². The van der Waals surface area contributed by atoms with Crippen LogP contribution in [0, 0.1) is 0 Å². The Kier molecular flexibility index (Phi) is 6.01. The summed E-state index contributed by atoms with van der Waals surface area (Å²) in [5, 5.41) is 0.436. The van der Waals surface area contributed by atoms with Gasteiger partial charge < -0.3 is 0 Å². The average molecular weight is 379 g/mol. The minimum Gasteiger partial charge on any atom is -0.298 e. The van der Waals surface area contributed by atoms with E-state index in [0.717, 1.165) is 49.9 Å². The molecule has 1 heterocycles. The molecule has 0 N–H and O–H groups in total. The first-order valence-corrected chi connectivity index (χ1v) is 9.70. The Morgan fingerprint density at radius 2 is 1.92 bits per heavy atom. The lowest BCUT2D eigenvalue weighted by atomic mass is 9.83. The monoisotopic (exact) mass is 379 g/mol. The number of thioether (sulfide) groups is 1. The molecule has 0 saturated heterocycles. The number of aromatic nitrogens is 1. The summed E-state index contributed by atoms with van der Waals surface area (Å²) in [5.41, 5.74) is 1.57. The van der Waals surface area contributed by atoms with Gasteiger partial charge in [-0.15, -0.1) is 0 Å². The molecule has 3 rings (SSSR count). The Balaban J connectivity index is 1.68. The zero-order valence-corrected chi connectivity index (χ0v) is 15.1. The molecule has 0 radical (unpaired) electrons. The Bertz CT molecular complexity index is 758. The van der Waals surface area contributed by atoms with Gasteiger partial charge in [0.2, 0.25) is 0 Å². The van der Waals surface area contributed by atoms with E-state index in [1.807, 2.05) is 18.2 Å². The first-order chi connectivity index (χ1) is 12.4. The van der Waals surface area contributed by atoms with Crippen molar-refractivity contribution in [1.29, 1.82) is 0 Å². The minimum absolute atomic E-state index is 0.117. The number of halogens is 3. The van der Waals surface area contributed by atoms with E-state index in [1.165, 1.54) is 23.4 Å². The fourth-order valence-corrected chi connectivity index (χ4v) is 4.09. The molecular formula is C20H20F3NOS. The molecule has 0 fully saturated rings. The Morgan fingerprint density at radius 1 is 1.12 bits per heavy atom. The highest BCUT2D eigenvalue weighted by Gasteiger charge is 2.30. The van der Waals surface area contributed by atoms with Gasteiger partial charge in [0.15, 0.2) is 5.78 Å². The zero-order chi connectivity index (χ0) is 18.6. The largest absolute Gasteiger partial charge is 0.417 e. The van der Waals surface area contributed by atoms with Crippen LogP contribution in [0.1, 0.15) is 48.3 Å². The maximum absolute atomic E-state index is 12.8. The van der Waals surface area contributed by atoms with Crippen LogP contribution in [0.15, 0.2) is 47.6 Å². The number of fused-ring (bicyclic) bond motifs is 1. The van der Waals surface area contributed by atoms with Crippen LogP contribution in [0.5, 0.6) is 0 Å². The normalized spacial score (nSPS) is 17.9. The van der Waals surface area contributed by atoms with Gasteiger partial charge in [-0.1, -0.05) is 48.9 Å². The van der Waals surface area contributed by atoms with Gasteiger partial charge in [0, 0.05) is 12.1 Å². The summed E-state index contributed by atoms with van der Waals surface area (Å²) in [6, 6.07) is 10.4. The first kappa shape index (κ1) is 19.0. The topological polar surface area (TPSA) is 30.0 Å². The van der Waals surface area contributed by atoms with E-state index in [9.17, 15) is 18.0 Å².